The van der Waals surface area contributed by atoms with E-state index < -0.39 is 20.0 Å². The molecule has 0 spiro atoms. The van der Waals surface area contributed by atoms with Crippen LogP contribution in [0.15, 0.2) is 146 Å². The molecule has 0 fully saturated rings. The number of nitrogens with zero attached hydrogens (tertiary/aromatic N) is 1. The summed E-state index contributed by atoms with van der Waals surface area (Å²) in [6.07, 6.45) is 80.3. The molecule has 2 N–H and O–H groups in total. The van der Waals surface area contributed by atoms with E-state index >= 15 is 0 Å². The first kappa shape index (κ1) is 68.4. The van der Waals surface area contributed by atoms with Gasteiger partial charge in [0.05, 0.1) is 39.9 Å². The molecule has 0 rings (SSSR count). The van der Waals surface area contributed by atoms with Gasteiger partial charge in [-0.25, -0.2) is 0 Å². The molecule has 408 valence electrons. The quantitative estimate of drug-likeness (QED) is 0.0272. The summed E-state index contributed by atoms with van der Waals surface area (Å²) in [5, 5.41) is 13.9. The van der Waals surface area contributed by atoms with Crippen molar-refractivity contribution in [3.8, 4) is 0 Å². The Morgan fingerprint density at radius 1 is 0.500 bits per heavy atom. The Balaban J connectivity index is 4.21. The first-order chi connectivity index (χ1) is 35.0. The van der Waals surface area contributed by atoms with Gasteiger partial charge in [-0.1, -0.05) is 230 Å². The van der Waals surface area contributed by atoms with Gasteiger partial charge < -0.3 is 28.8 Å². The fourth-order valence-electron chi connectivity index (χ4n) is 7.20. The predicted molar refractivity (Wildman–Crippen MR) is 311 cm³/mol. The molecule has 0 aromatic heterocycles. The summed E-state index contributed by atoms with van der Waals surface area (Å²) in [6.45, 7) is 4.53. The number of rotatable bonds is 49. The number of carbonyl (C=O) groups excluding carboxylic acids is 1. The van der Waals surface area contributed by atoms with Crippen LogP contribution in [0.5, 0.6) is 0 Å². The molecule has 0 aliphatic carbocycles. The van der Waals surface area contributed by atoms with Crippen molar-refractivity contribution >= 4 is 13.7 Å². The van der Waals surface area contributed by atoms with Gasteiger partial charge in [0.2, 0.25) is 5.91 Å². The molecule has 0 heterocycles. The number of nitrogens with one attached hydrogen (secondary N) is 1. The largest absolute Gasteiger partial charge is 0.756 e. The standard InChI is InChI=1S/C63H105N2O6P/c1-6-8-10-12-14-16-18-19-20-21-22-23-24-25-26-27-28-29-30-31-32-33-34-35-36-37-38-39-40-41-42-43-44-45-47-49-51-53-55-57-63(67)64-61(60-71-72(68,69)70-59-58-65(3,4)5)62(66)56-54-52-50-48-46-17-15-13-11-9-7-2/h8,10,14,16,19-20,22-23,25-26,28-29,31-32,34-35,37-38,40-41,43-44,47,49,61-62,66H,6-7,9,11-13,15,17-18,21,24,27,30,33,36,39,42,45-46,48,50-60H2,1-5H3,(H-,64,67,68,69)/b10-8-,16-14-,20-19-,23-22-,26-25-,29-28-,32-31-,35-34-,38-37-,41-40-,44-43-,49-47-. The van der Waals surface area contributed by atoms with Gasteiger partial charge >= 0.3 is 0 Å². The molecule has 0 aliphatic heterocycles. The molecule has 3 unspecified atom stereocenters. The molecule has 0 bridgehead atoms. The molecule has 0 saturated carbocycles. The van der Waals surface area contributed by atoms with Crippen LogP contribution < -0.4 is 10.2 Å². The van der Waals surface area contributed by atoms with Gasteiger partial charge in [0.25, 0.3) is 7.82 Å². The van der Waals surface area contributed by atoms with Gasteiger partial charge in [-0.3, -0.25) is 9.36 Å². The number of amides is 1. The summed E-state index contributed by atoms with van der Waals surface area (Å²) in [7, 11) is 1.25. The van der Waals surface area contributed by atoms with Crippen molar-refractivity contribution in [3.63, 3.8) is 0 Å². The zero-order chi connectivity index (χ0) is 52.7. The van der Waals surface area contributed by atoms with Crippen molar-refractivity contribution in [3.05, 3.63) is 146 Å². The number of unbranched alkanes of at least 4 members (excludes halogenated alkanes) is 12. The Bertz CT molecular complexity index is 1670. The predicted octanol–water partition coefficient (Wildman–Crippen LogP) is 16.7. The zero-order valence-corrected chi connectivity index (χ0v) is 47.2. The monoisotopic (exact) mass is 1020 g/mol. The van der Waals surface area contributed by atoms with Crippen molar-refractivity contribution in [2.24, 2.45) is 0 Å². The maximum Gasteiger partial charge on any atom is 0.268 e. The Kier molecular flexibility index (Phi) is 49.6. The second kappa shape index (κ2) is 52.3. The number of quaternary nitrogens is 1. The highest BCUT2D eigenvalue weighted by Gasteiger charge is 2.24. The number of aliphatic hydroxyl groups excluding tert-OH is 1. The van der Waals surface area contributed by atoms with Gasteiger partial charge in [-0.2, -0.15) is 0 Å². The molecule has 1 amide bonds. The average molecular weight is 1020 g/mol. The van der Waals surface area contributed by atoms with Gasteiger partial charge in [-0.05, 0) is 103 Å². The van der Waals surface area contributed by atoms with Crippen LogP contribution in [0, 0.1) is 0 Å². The third kappa shape index (κ3) is 54.2. The van der Waals surface area contributed by atoms with E-state index in [4.69, 9.17) is 9.05 Å². The third-order valence-electron chi connectivity index (χ3n) is 11.6. The lowest BCUT2D eigenvalue weighted by Gasteiger charge is -2.30. The van der Waals surface area contributed by atoms with Crippen molar-refractivity contribution in [1.29, 1.82) is 0 Å². The van der Waals surface area contributed by atoms with Crippen LogP contribution in [-0.4, -0.2) is 68.5 Å². The summed E-state index contributed by atoms with van der Waals surface area (Å²) in [4.78, 5) is 25.4. The molecule has 9 heteroatoms. The fraction of sp³-hybridized carbons (Fsp3) is 0.603. The van der Waals surface area contributed by atoms with Crippen LogP contribution in [0.3, 0.4) is 0 Å². The van der Waals surface area contributed by atoms with Gasteiger partial charge in [0.1, 0.15) is 13.2 Å². The Labute approximate surface area is 442 Å². The average Bonchev–Trinajstić information content (AvgIpc) is 3.34. The molecule has 0 aromatic rings. The number of phosphoric acid groups is 1. The van der Waals surface area contributed by atoms with Crippen molar-refractivity contribution in [1.82, 2.24) is 5.32 Å². The number of aliphatic hydroxyl groups is 1. The minimum atomic E-state index is -4.59. The Morgan fingerprint density at radius 2 is 0.847 bits per heavy atom. The van der Waals surface area contributed by atoms with E-state index in [-0.39, 0.29) is 19.1 Å². The molecule has 0 aromatic carbocycles. The molecule has 8 nitrogen and oxygen atoms in total. The van der Waals surface area contributed by atoms with E-state index in [0.717, 1.165) is 109 Å². The maximum atomic E-state index is 12.9. The lowest BCUT2D eigenvalue weighted by Crippen LogP contribution is -2.46. The van der Waals surface area contributed by atoms with E-state index in [9.17, 15) is 19.4 Å². The fourth-order valence-corrected chi connectivity index (χ4v) is 7.92. The van der Waals surface area contributed by atoms with Crippen LogP contribution in [0.4, 0.5) is 0 Å². The number of allylic oxidation sites excluding steroid dienone is 24. The molecular formula is C63H105N2O6P. The molecule has 0 aliphatic rings. The molecule has 0 radical (unpaired) electrons. The molecule has 72 heavy (non-hydrogen) atoms. The van der Waals surface area contributed by atoms with E-state index in [1.165, 1.54) is 51.4 Å². The Hall–Kier alpha value is -3.62. The summed E-state index contributed by atoms with van der Waals surface area (Å²) in [6, 6.07) is -0.833. The number of phosphoric ester groups is 1. The van der Waals surface area contributed by atoms with Gasteiger partial charge in [0.15, 0.2) is 0 Å². The topological polar surface area (TPSA) is 108 Å². The van der Waals surface area contributed by atoms with Crippen molar-refractivity contribution in [2.45, 2.75) is 206 Å². The van der Waals surface area contributed by atoms with E-state index in [1.807, 2.05) is 21.1 Å². The van der Waals surface area contributed by atoms with Crippen LogP contribution in [0.2, 0.25) is 0 Å². The maximum absolute atomic E-state index is 12.9. The molecule has 3 atom stereocenters. The summed E-state index contributed by atoms with van der Waals surface area (Å²) >= 11 is 0. The summed E-state index contributed by atoms with van der Waals surface area (Å²) in [5.41, 5.74) is 0. The minimum absolute atomic E-state index is 0.00448. The second-order valence-corrected chi connectivity index (χ2v) is 21.0. The first-order valence-electron chi connectivity index (χ1n) is 28.2. The number of likely N-dealkylation sites (N-methyl/N-ethyl adjacent to an activating group) is 1. The SMILES string of the molecule is CC/C=C\C/C=C\C/C=C\C/C=C\C/C=C\C/C=C\C/C=C\C/C=C\C/C=C\C/C=C\C/C=C\C/C=C\CCCCC(=O)NC(COP(=O)([O-])OCC[N+](C)(C)C)C(O)CCCCCCCCCCCCC. The highest BCUT2D eigenvalue weighted by atomic mass is 31.2. The van der Waals surface area contributed by atoms with Crippen molar-refractivity contribution < 1.29 is 32.9 Å². The first-order valence-corrected chi connectivity index (χ1v) is 29.6. The number of hydrogen-bond donors (Lipinski definition) is 2. The lowest BCUT2D eigenvalue weighted by atomic mass is 10.0. The van der Waals surface area contributed by atoms with Crippen LogP contribution in [0.25, 0.3) is 0 Å². The van der Waals surface area contributed by atoms with Crippen LogP contribution in [-0.2, 0) is 18.4 Å². The number of hydrogen-bond acceptors (Lipinski definition) is 6. The zero-order valence-electron chi connectivity index (χ0n) is 46.3. The van der Waals surface area contributed by atoms with Crippen molar-refractivity contribution in [2.75, 3.05) is 40.9 Å². The second-order valence-electron chi connectivity index (χ2n) is 19.6. The van der Waals surface area contributed by atoms with E-state index in [0.29, 0.717) is 30.3 Å². The van der Waals surface area contributed by atoms with Crippen LogP contribution >= 0.6 is 7.82 Å². The van der Waals surface area contributed by atoms with Gasteiger partial charge in [0, 0.05) is 6.42 Å². The highest BCUT2D eigenvalue weighted by molar-refractivity contribution is 7.45. The van der Waals surface area contributed by atoms with E-state index in [1.54, 1.807) is 0 Å². The lowest BCUT2D eigenvalue weighted by molar-refractivity contribution is -0.870. The normalized spacial score (nSPS) is 15.0. The smallest absolute Gasteiger partial charge is 0.268 e. The minimum Gasteiger partial charge on any atom is -0.756 e. The highest BCUT2D eigenvalue weighted by Crippen LogP contribution is 2.38. The van der Waals surface area contributed by atoms with Crippen LogP contribution in [0.1, 0.15) is 194 Å². The molecule has 0 saturated heterocycles. The molecular weight excluding hydrogens is 912 g/mol. The summed E-state index contributed by atoms with van der Waals surface area (Å²) < 4.78 is 23.3. The summed E-state index contributed by atoms with van der Waals surface area (Å²) in [5.74, 6) is -0.215. The Morgan fingerprint density at radius 3 is 1.21 bits per heavy atom. The van der Waals surface area contributed by atoms with Gasteiger partial charge in [-0.15, -0.1) is 0 Å². The van der Waals surface area contributed by atoms with E-state index in [2.05, 4.69) is 165 Å². The third-order valence-corrected chi connectivity index (χ3v) is 12.6. The number of carbonyl (C=O) groups is 1.